The van der Waals surface area contributed by atoms with Crippen LogP contribution in [-0.2, 0) is 5.41 Å². The van der Waals surface area contributed by atoms with Gasteiger partial charge in [0, 0.05) is 17.8 Å². The molecule has 0 saturated heterocycles. The van der Waals surface area contributed by atoms with Crippen molar-refractivity contribution in [3.8, 4) is 0 Å². The number of nitrogens with zero attached hydrogens (tertiary/aromatic N) is 3. The van der Waals surface area contributed by atoms with Gasteiger partial charge < -0.3 is 11.1 Å². The van der Waals surface area contributed by atoms with Crippen molar-refractivity contribution in [2.75, 3.05) is 11.9 Å². The van der Waals surface area contributed by atoms with E-state index in [4.69, 9.17) is 5.73 Å². The van der Waals surface area contributed by atoms with E-state index in [-0.39, 0.29) is 29.4 Å². The van der Waals surface area contributed by atoms with Crippen molar-refractivity contribution in [1.82, 2.24) is 9.97 Å². The molecule has 0 spiro atoms. The molecule has 5 nitrogen and oxygen atoms in total. The van der Waals surface area contributed by atoms with Gasteiger partial charge in [-0.3, -0.25) is 9.98 Å². The topological polar surface area (TPSA) is 76.2 Å². The Labute approximate surface area is 148 Å². The molecule has 22 heavy (non-hydrogen) atoms. The first-order chi connectivity index (χ1) is 9.99. The average molecular weight is 411 g/mol. The number of aryl methyl sites for hydroxylation is 1. The highest BCUT2D eigenvalue weighted by Crippen LogP contribution is 2.24. The maximum absolute atomic E-state index is 5.91. The van der Waals surface area contributed by atoms with Crippen LogP contribution in [-0.4, -0.2) is 22.5 Å². The molecule has 0 amide bonds. The van der Waals surface area contributed by atoms with Gasteiger partial charge in [0.05, 0.1) is 12.2 Å². The smallest absolute Gasteiger partial charge is 0.194 e. The van der Waals surface area contributed by atoms with E-state index in [9.17, 15) is 0 Å². The van der Waals surface area contributed by atoms with Crippen molar-refractivity contribution in [2.24, 2.45) is 10.7 Å². The molecule has 0 atom stereocenters. The molecular formula is C16H22IN5. The molecule has 2 aromatic heterocycles. The molecule has 6 heteroatoms. The summed E-state index contributed by atoms with van der Waals surface area (Å²) < 4.78 is 0. The van der Waals surface area contributed by atoms with E-state index in [1.165, 1.54) is 0 Å². The highest BCUT2D eigenvalue weighted by Gasteiger charge is 2.23. The quantitative estimate of drug-likeness (QED) is 0.461. The zero-order valence-electron chi connectivity index (χ0n) is 13.1. The van der Waals surface area contributed by atoms with E-state index >= 15 is 0 Å². The molecule has 0 saturated carbocycles. The molecule has 0 fully saturated rings. The first kappa shape index (κ1) is 18.3. The third kappa shape index (κ3) is 4.94. The minimum absolute atomic E-state index is 0. The highest BCUT2D eigenvalue weighted by atomic mass is 127. The number of hydrogen-bond acceptors (Lipinski definition) is 3. The fourth-order valence-corrected chi connectivity index (χ4v) is 2.16. The van der Waals surface area contributed by atoms with Gasteiger partial charge in [-0.25, -0.2) is 4.98 Å². The molecule has 0 aliphatic carbocycles. The van der Waals surface area contributed by atoms with Crippen LogP contribution >= 0.6 is 24.0 Å². The van der Waals surface area contributed by atoms with E-state index in [1.807, 2.05) is 30.5 Å². The second-order valence-corrected chi connectivity index (χ2v) is 5.59. The van der Waals surface area contributed by atoms with Crippen LogP contribution < -0.4 is 11.1 Å². The van der Waals surface area contributed by atoms with Crippen molar-refractivity contribution in [3.63, 3.8) is 0 Å². The SMILES string of the molecule is Cc1cccnc1C(C)(C)CN=C(N)Nc1ccccn1.I. The summed E-state index contributed by atoms with van der Waals surface area (Å²) in [5, 5.41) is 2.98. The molecular weight excluding hydrogens is 389 g/mol. The number of aliphatic imine (C=N–C) groups is 1. The van der Waals surface area contributed by atoms with Crippen molar-refractivity contribution >= 4 is 35.8 Å². The third-order valence-corrected chi connectivity index (χ3v) is 3.22. The normalized spacial score (nSPS) is 11.7. The summed E-state index contributed by atoms with van der Waals surface area (Å²) in [4.78, 5) is 13.0. The Kier molecular flexibility index (Phi) is 6.73. The van der Waals surface area contributed by atoms with Crippen LogP contribution in [0.5, 0.6) is 0 Å². The number of halogens is 1. The lowest BCUT2D eigenvalue weighted by Gasteiger charge is -2.23. The number of nitrogens with two attached hydrogens (primary N) is 1. The number of rotatable bonds is 4. The zero-order valence-corrected chi connectivity index (χ0v) is 15.4. The van der Waals surface area contributed by atoms with Crippen LogP contribution in [0.4, 0.5) is 5.82 Å². The summed E-state index contributed by atoms with van der Waals surface area (Å²) in [6.45, 7) is 6.83. The predicted octanol–water partition coefficient (Wildman–Crippen LogP) is 3.11. The number of anilines is 1. The minimum atomic E-state index is -0.179. The monoisotopic (exact) mass is 411 g/mol. The van der Waals surface area contributed by atoms with Crippen LogP contribution in [0, 0.1) is 6.92 Å². The Morgan fingerprint density at radius 1 is 1.18 bits per heavy atom. The van der Waals surface area contributed by atoms with Crippen molar-refractivity contribution in [3.05, 3.63) is 54.0 Å². The summed E-state index contributed by atoms with van der Waals surface area (Å²) in [5.41, 5.74) is 7.93. The van der Waals surface area contributed by atoms with Crippen molar-refractivity contribution < 1.29 is 0 Å². The van der Waals surface area contributed by atoms with Crippen molar-refractivity contribution in [1.29, 1.82) is 0 Å². The lowest BCUT2D eigenvalue weighted by Crippen LogP contribution is -2.29. The largest absolute Gasteiger partial charge is 0.370 e. The molecule has 2 rings (SSSR count). The maximum Gasteiger partial charge on any atom is 0.194 e. The van der Waals surface area contributed by atoms with Gasteiger partial charge in [-0.1, -0.05) is 26.0 Å². The molecule has 2 aromatic rings. The lowest BCUT2D eigenvalue weighted by atomic mass is 9.86. The van der Waals surface area contributed by atoms with Gasteiger partial charge >= 0.3 is 0 Å². The van der Waals surface area contributed by atoms with Crippen LogP contribution in [0.15, 0.2) is 47.7 Å². The van der Waals surface area contributed by atoms with Crippen LogP contribution in [0.1, 0.15) is 25.1 Å². The van der Waals surface area contributed by atoms with E-state index in [0.717, 1.165) is 11.3 Å². The van der Waals surface area contributed by atoms with Gasteiger partial charge in [-0.15, -0.1) is 24.0 Å². The Morgan fingerprint density at radius 3 is 2.55 bits per heavy atom. The number of hydrogen-bond donors (Lipinski definition) is 2. The highest BCUT2D eigenvalue weighted by molar-refractivity contribution is 14.0. The van der Waals surface area contributed by atoms with Crippen molar-refractivity contribution in [2.45, 2.75) is 26.2 Å². The van der Waals surface area contributed by atoms with Crippen LogP contribution in [0.25, 0.3) is 0 Å². The van der Waals surface area contributed by atoms with E-state index < -0.39 is 0 Å². The fraction of sp³-hybridized carbons (Fsp3) is 0.312. The van der Waals surface area contributed by atoms with Gasteiger partial charge in [0.1, 0.15) is 5.82 Å². The molecule has 2 heterocycles. The standard InChI is InChI=1S/C16H21N5.HI/c1-12-7-6-10-19-14(12)16(2,3)11-20-15(17)21-13-8-4-5-9-18-13;/h4-10H,11H2,1-3H3,(H3,17,18,20,21);1H. The van der Waals surface area contributed by atoms with Gasteiger partial charge in [0.2, 0.25) is 0 Å². The summed E-state index contributed by atoms with van der Waals surface area (Å²) in [5.74, 6) is 1.04. The molecule has 3 N–H and O–H groups in total. The summed E-state index contributed by atoms with van der Waals surface area (Å²) in [6.07, 6.45) is 3.51. The van der Waals surface area contributed by atoms with E-state index in [0.29, 0.717) is 18.3 Å². The molecule has 0 unspecified atom stereocenters. The lowest BCUT2D eigenvalue weighted by molar-refractivity contribution is 0.519. The Morgan fingerprint density at radius 2 is 1.91 bits per heavy atom. The molecule has 118 valence electrons. The number of guanidine groups is 1. The Bertz CT molecular complexity index is 625. The first-order valence-corrected chi connectivity index (χ1v) is 6.89. The van der Waals surface area contributed by atoms with Gasteiger partial charge in [-0.05, 0) is 30.7 Å². The first-order valence-electron chi connectivity index (χ1n) is 6.89. The summed E-state index contributed by atoms with van der Waals surface area (Å²) in [7, 11) is 0. The zero-order chi connectivity index (χ0) is 15.3. The maximum atomic E-state index is 5.91. The summed E-state index contributed by atoms with van der Waals surface area (Å²) in [6, 6.07) is 9.59. The van der Waals surface area contributed by atoms with Gasteiger partial charge in [0.15, 0.2) is 5.96 Å². The number of pyridine rings is 2. The Balaban J connectivity index is 0.00000242. The fourth-order valence-electron chi connectivity index (χ4n) is 2.16. The number of aromatic nitrogens is 2. The molecule has 0 aromatic carbocycles. The molecule has 0 radical (unpaired) electrons. The van der Waals surface area contributed by atoms with E-state index in [2.05, 4.69) is 47.1 Å². The molecule has 0 aliphatic rings. The Hall–Kier alpha value is -1.70. The van der Waals surface area contributed by atoms with E-state index in [1.54, 1.807) is 6.20 Å². The molecule has 0 aliphatic heterocycles. The minimum Gasteiger partial charge on any atom is -0.370 e. The third-order valence-electron chi connectivity index (χ3n) is 3.22. The van der Waals surface area contributed by atoms with Gasteiger partial charge in [-0.2, -0.15) is 0 Å². The summed E-state index contributed by atoms with van der Waals surface area (Å²) >= 11 is 0. The molecule has 0 bridgehead atoms. The second-order valence-electron chi connectivity index (χ2n) is 5.59. The van der Waals surface area contributed by atoms with Crippen LogP contribution in [0.3, 0.4) is 0 Å². The predicted molar refractivity (Wildman–Crippen MR) is 102 cm³/mol. The van der Waals surface area contributed by atoms with Gasteiger partial charge in [0.25, 0.3) is 0 Å². The number of nitrogens with one attached hydrogen (secondary N) is 1. The second kappa shape index (κ2) is 8.07. The van der Waals surface area contributed by atoms with Crippen LogP contribution in [0.2, 0.25) is 0 Å². The average Bonchev–Trinajstić information content (AvgIpc) is 2.47.